The molecule has 0 amide bonds. The third-order valence-corrected chi connectivity index (χ3v) is 2.23. The molecule has 4 heteroatoms. The second-order valence-corrected chi connectivity index (χ2v) is 3.61. The topological polar surface area (TPSA) is 25.8 Å². The van der Waals surface area contributed by atoms with E-state index in [1.807, 2.05) is 0 Å². The van der Waals surface area contributed by atoms with Gasteiger partial charge in [0, 0.05) is 16.9 Å². The van der Waals surface area contributed by atoms with E-state index in [-0.39, 0.29) is 5.82 Å². The van der Waals surface area contributed by atoms with Gasteiger partial charge in [0.2, 0.25) is 0 Å². The molecule has 14 heavy (non-hydrogen) atoms. The third-order valence-electron chi connectivity index (χ3n) is 1.74. The molecule has 0 fully saturated rings. The Kier molecular flexibility index (Phi) is 2.54. The number of nitrogens with zero attached hydrogens (tertiary/aromatic N) is 2. The summed E-state index contributed by atoms with van der Waals surface area (Å²) in [6.45, 7) is 0. The molecule has 70 valence electrons. The van der Waals surface area contributed by atoms with Crippen LogP contribution in [-0.2, 0) is 0 Å². The van der Waals surface area contributed by atoms with E-state index >= 15 is 0 Å². The van der Waals surface area contributed by atoms with E-state index in [9.17, 15) is 4.39 Å². The highest BCUT2D eigenvalue weighted by Crippen LogP contribution is 2.21. The van der Waals surface area contributed by atoms with Gasteiger partial charge < -0.3 is 0 Å². The lowest BCUT2D eigenvalue weighted by Crippen LogP contribution is -1.90. The zero-order chi connectivity index (χ0) is 9.97. The molecule has 1 heterocycles. The lowest BCUT2D eigenvalue weighted by molar-refractivity contribution is 0.629. The number of aromatic nitrogens is 2. The number of hydrogen-bond acceptors (Lipinski definition) is 2. The number of benzene rings is 1. The fourth-order valence-electron chi connectivity index (χ4n) is 1.11. The summed E-state index contributed by atoms with van der Waals surface area (Å²) in [5, 5.41) is 0. The minimum absolute atomic E-state index is 0.328. The second kappa shape index (κ2) is 3.84. The first-order valence-corrected chi connectivity index (χ1v) is 4.79. The highest BCUT2D eigenvalue weighted by atomic mass is 79.9. The molecule has 0 aliphatic carbocycles. The molecule has 0 atom stereocenters. The summed E-state index contributed by atoms with van der Waals surface area (Å²) in [5.74, 6) is 0.0723. The summed E-state index contributed by atoms with van der Waals surface area (Å²) in [6, 6.07) is 6.50. The average molecular weight is 253 g/mol. The summed E-state index contributed by atoms with van der Waals surface area (Å²) >= 11 is 3.19. The van der Waals surface area contributed by atoms with Crippen LogP contribution < -0.4 is 0 Å². The van der Waals surface area contributed by atoms with E-state index in [0.717, 1.165) is 0 Å². The zero-order valence-electron chi connectivity index (χ0n) is 7.11. The molecule has 0 spiro atoms. The Hall–Kier alpha value is -1.29. The van der Waals surface area contributed by atoms with Crippen molar-refractivity contribution in [1.29, 1.82) is 0 Å². The zero-order valence-corrected chi connectivity index (χ0v) is 8.70. The van der Waals surface area contributed by atoms with Crippen LogP contribution in [0, 0.1) is 5.82 Å². The van der Waals surface area contributed by atoms with E-state index in [0.29, 0.717) is 15.9 Å². The number of hydrogen-bond donors (Lipinski definition) is 0. The molecule has 0 saturated heterocycles. The molecule has 1 aromatic heterocycles. The maximum atomic E-state index is 13.4. The quantitative estimate of drug-likeness (QED) is 0.780. The Morgan fingerprint density at radius 3 is 2.50 bits per heavy atom. The molecule has 0 aliphatic rings. The molecular weight excluding hydrogens is 247 g/mol. The SMILES string of the molecule is Fc1cc(Br)ccc1-c1ncccn1. The van der Waals surface area contributed by atoms with Crippen molar-refractivity contribution in [2.45, 2.75) is 0 Å². The molecule has 0 bridgehead atoms. The van der Waals surface area contributed by atoms with Crippen LogP contribution in [0.3, 0.4) is 0 Å². The van der Waals surface area contributed by atoms with Crippen LogP contribution >= 0.6 is 15.9 Å². The van der Waals surface area contributed by atoms with Gasteiger partial charge in [0.15, 0.2) is 5.82 Å². The summed E-state index contributed by atoms with van der Waals surface area (Å²) in [5.41, 5.74) is 0.411. The first kappa shape index (κ1) is 9.27. The van der Waals surface area contributed by atoms with Gasteiger partial charge in [-0.25, -0.2) is 14.4 Å². The van der Waals surface area contributed by atoms with E-state index in [1.165, 1.54) is 6.07 Å². The maximum Gasteiger partial charge on any atom is 0.162 e. The van der Waals surface area contributed by atoms with Crippen molar-refractivity contribution in [3.63, 3.8) is 0 Å². The number of rotatable bonds is 1. The van der Waals surface area contributed by atoms with E-state index in [4.69, 9.17) is 0 Å². The number of halogens is 2. The van der Waals surface area contributed by atoms with Crippen LogP contribution in [-0.4, -0.2) is 9.97 Å². The highest BCUT2D eigenvalue weighted by Gasteiger charge is 2.06. The van der Waals surface area contributed by atoms with Crippen molar-refractivity contribution in [3.05, 3.63) is 46.9 Å². The largest absolute Gasteiger partial charge is 0.236 e. The fourth-order valence-corrected chi connectivity index (χ4v) is 1.44. The van der Waals surface area contributed by atoms with Crippen molar-refractivity contribution in [1.82, 2.24) is 9.97 Å². The molecule has 0 N–H and O–H groups in total. The Bertz CT molecular complexity index is 445. The molecule has 0 unspecified atom stereocenters. The van der Waals surface area contributed by atoms with Gasteiger partial charge in [0.05, 0.1) is 5.56 Å². The highest BCUT2D eigenvalue weighted by molar-refractivity contribution is 9.10. The summed E-state index contributed by atoms with van der Waals surface area (Å²) in [4.78, 5) is 7.95. The van der Waals surface area contributed by atoms with Crippen LogP contribution in [0.5, 0.6) is 0 Å². The Morgan fingerprint density at radius 1 is 1.14 bits per heavy atom. The van der Waals surface area contributed by atoms with E-state index in [1.54, 1.807) is 30.6 Å². The average Bonchev–Trinajstić information content (AvgIpc) is 2.19. The monoisotopic (exact) mass is 252 g/mol. The minimum Gasteiger partial charge on any atom is -0.236 e. The molecule has 2 nitrogen and oxygen atoms in total. The Labute approximate surface area is 89.0 Å². The Morgan fingerprint density at radius 2 is 1.86 bits per heavy atom. The maximum absolute atomic E-state index is 13.4. The van der Waals surface area contributed by atoms with Crippen LogP contribution in [0.4, 0.5) is 4.39 Å². The molecule has 2 rings (SSSR count). The van der Waals surface area contributed by atoms with Gasteiger partial charge in [-0.1, -0.05) is 15.9 Å². The smallest absolute Gasteiger partial charge is 0.162 e. The summed E-state index contributed by atoms with van der Waals surface area (Å²) in [6.07, 6.45) is 3.17. The van der Waals surface area contributed by atoms with E-state index in [2.05, 4.69) is 25.9 Å². The van der Waals surface area contributed by atoms with Crippen molar-refractivity contribution < 1.29 is 4.39 Å². The normalized spacial score (nSPS) is 10.1. The fraction of sp³-hybridized carbons (Fsp3) is 0. The summed E-state index contributed by atoms with van der Waals surface area (Å²) in [7, 11) is 0. The van der Waals surface area contributed by atoms with Gasteiger partial charge >= 0.3 is 0 Å². The first-order chi connectivity index (χ1) is 6.77. The molecule has 1 aromatic carbocycles. The van der Waals surface area contributed by atoms with Gasteiger partial charge in [-0.3, -0.25) is 0 Å². The van der Waals surface area contributed by atoms with Crippen molar-refractivity contribution in [2.75, 3.05) is 0 Å². The lowest BCUT2D eigenvalue weighted by atomic mass is 10.2. The third kappa shape index (κ3) is 1.80. The Balaban J connectivity index is 2.53. The summed E-state index contributed by atoms with van der Waals surface area (Å²) < 4.78 is 14.1. The van der Waals surface area contributed by atoms with Gasteiger partial charge in [-0.05, 0) is 24.3 Å². The van der Waals surface area contributed by atoms with Crippen LogP contribution in [0.15, 0.2) is 41.1 Å². The second-order valence-electron chi connectivity index (χ2n) is 2.70. The standard InChI is InChI=1S/C10H6BrFN2/c11-7-2-3-8(9(12)6-7)10-13-4-1-5-14-10/h1-6H. The van der Waals surface area contributed by atoms with Gasteiger partial charge in [-0.2, -0.15) is 0 Å². The molecule has 0 saturated carbocycles. The van der Waals surface area contributed by atoms with E-state index < -0.39 is 0 Å². The minimum atomic E-state index is -0.328. The van der Waals surface area contributed by atoms with Crippen LogP contribution in [0.2, 0.25) is 0 Å². The molecular formula is C10H6BrFN2. The van der Waals surface area contributed by atoms with Crippen molar-refractivity contribution in [2.24, 2.45) is 0 Å². The van der Waals surface area contributed by atoms with Gasteiger partial charge in [-0.15, -0.1) is 0 Å². The molecule has 2 aromatic rings. The first-order valence-electron chi connectivity index (χ1n) is 4.00. The van der Waals surface area contributed by atoms with Crippen molar-refractivity contribution >= 4 is 15.9 Å². The van der Waals surface area contributed by atoms with Crippen LogP contribution in [0.25, 0.3) is 11.4 Å². The predicted octanol–water partition coefficient (Wildman–Crippen LogP) is 3.05. The van der Waals surface area contributed by atoms with Crippen molar-refractivity contribution in [3.8, 4) is 11.4 Å². The van der Waals surface area contributed by atoms with Crippen LogP contribution in [0.1, 0.15) is 0 Å². The van der Waals surface area contributed by atoms with Gasteiger partial charge in [0.1, 0.15) is 5.82 Å². The lowest BCUT2D eigenvalue weighted by Gasteiger charge is -2.00. The molecule has 0 radical (unpaired) electrons. The van der Waals surface area contributed by atoms with Gasteiger partial charge in [0.25, 0.3) is 0 Å². The molecule has 0 aliphatic heterocycles. The predicted molar refractivity (Wildman–Crippen MR) is 55.1 cm³/mol.